The number of thiazole rings is 1. The lowest BCUT2D eigenvalue weighted by Gasteiger charge is -1.94. The van der Waals surface area contributed by atoms with Crippen LogP contribution in [0.15, 0.2) is 11.6 Å². The third-order valence-electron chi connectivity index (χ3n) is 1.72. The van der Waals surface area contributed by atoms with Gasteiger partial charge in [-0.2, -0.15) is 0 Å². The molecule has 2 aromatic rings. The first-order valence-corrected chi connectivity index (χ1v) is 5.29. The van der Waals surface area contributed by atoms with Gasteiger partial charge in [-0.3, -0.25) is 15.2 Å². The summed E-state index contributed by atoms with van der Waals surface area (Å²) in [5.74, 6) is 0.488. The second kappa shape index (κ2) is 4.18. The standard InChI is InChI=1S/C8H9N5OS/c1-2-5-10-6(13-12-5)7(14)11-8-9-3-4-15-8/h3-4H,2H2,1H3,(H,9,11,14)(H,10,12,13). The normalized spacial score (nSPS) is 10.2. The number of anilines is 1. The quantitative estimate of drug-likeness (QED) is 0.815. The van der Waals surface area contributed by atoms with Gasteiger partial charge in [-0.15, -0.1) is 16.4 Å². The Hall–Kier alpha value is -1.76. The lowest BCUT2D eigenvalue weighted by molar-refractivity contribution is 0.101. The molecule has 0 saturated carbocycles. The molecular weight excluding hydrogens is 214 g/mol. The number of rotatable bonds is 3. The Morgan fingerprint density at radius 2 is 2.53 bits per heavy atom. The number of aromatic nitrogens is 4. The van der Waals surface area contributed by atoms with Crippen LogP contribution in [-0.4, -0.2) is 26.1 Å². The van der Waals surface area contributed by atoms with E-state index in [2.05, 4.69) is 25.5 Å². The van der Waals surface area contributed by atoms with Crippen LogP contribution in [0.3, 0.4) is 0 Å². The number of nitrogens with zero attached hydrogens (tertiary/aromatic N) is 3. The second-order valence-electron chi connectivity index (χ2n) is 2.75. The number of H-pyrrole nitrogens is 1. The first-order chi connectivity index (χ1) is 7.29. The van der Waals surface area contributed by atoms with E-state index in [1.807, 2.05) is 6.92 Å². The highest BCUT2D eigenvalue weighted by Gasteiger charge is 2.12. The van der Waals surface area contributed by atoms with Crippen molar-refractivity contribution in [2.24, 2.45) is 0 Å². The van der Waals surface area contributed by atoms with E-state index in [4.69, 9.17) is 0 Å². The zero-order valence-electron chi connectivity index (χ0n) is 8.02. The first kappa shape index (κ1) is 9.78. The predicted octanol–water partition coefficient (Wildman–Crippen LogP) is 1.08. The smallest absolute Gasteiger partial charge is 0.295 e. The average Bonchev–Trinajstić information content (AvgIpc) is 2.86. The summed E-state index contributed by atoms with van der Waals surface area (Å²) in [6.45, 7) is 1.93. The molecule has 2 N–H and O–H groups in total. The molecule has 15 heavy (non-hydrogen) atoms. The minimum absolute atomic E-state index is 0.141. The summed E-state index contributed by atoms with van der Waals surface area (Å²) in [5.41, 5.74) is 0. The van der Waals surface area contributed by atoms with Crippen molar-refractivity contribution in [1.29, 1.82) is 0 Å². The number of carbonyl (C=O) groups excluding carboxylic acids is 1. The van der Waals surface area contributed by atoms with Gasteiger partial charge in [0.2, 0.25) is 5.82 Å². The molecule has 0 atom stereocenters. The molecule has 0 fully saturated rings. The van der Waals surface area contributed by atoms with Gasteiger partial charge in [0, 0.05) is 18.0 Å². The number of hydrogen-bond acceptors (Lipinski definition) is 5. The van der Waals surface area contributed by atoms with Crippen LogP contribution >= 0.6 is 11.3 Å². The molecule has 1 amide bonds. The first-order valence-electron chi connectivity index (χ1n) is 4.41. The van der Waals surface area contributed by atoms with Gasteiger partial charge < -0.3 is 0 Å². The number of carbonyl (C=O) groups is 1. The van der Waals surface area contributed by atoms with E-state index in [1.54, 1.807) is 11.6 Å². The van der Waals surface area contributed by atoms with Crippen molar-refractivity contribution in [2.45, 2.75) is 13.3 Å². The van der Waals surface area contributed by atoms with E-state index >= 15 is 0 Å². The van der Waals surface area contributed by atoms with E-state index in [0.29, 0.717) is 11.0 Å². The third-order valence-corrected chi connectivity index (χ3v) is 2.41. The number of hydrogen-bond donors (Lipinski definition) is 2. The fourth-order valence-electron chi connectivity index (χ4n) is 0.993. The molecule has 0 spiro atoms. The largest absolute Gasteiger partial charge is 0.297 e. The van der Waals surface area contributed by atoms with E-state index in [9.17, 15) is 4.79 Å². The Balaban J connectivity index is 2.08. The molecule has 0 bridgehead atoms. The van der Waals surface area contributed by atoms with Crippen LogP contribution in [0.1, 0.15) is 23.4 Å². The summed E-state index contributed by atoms with van der Waals surface area (Å²) in [5, 5.41) is 11.4. The maximum atomic E-state index is 11.6. The van der Waals surface area contributed by atoms with Crippen molar-refractivity contribution >= 4 is 22.4 Å². The molecule has 78 valence electrons. The Bertz CT molecular complexity index is 449. The van der Waals surface area contributed by atoms with Crippen LogP contribution in [0, 0.1) is 0 Å². The Morgan fingerprint density at radius 3 is 3.13 bits per heavy atom. The molecular formula is C8H9N5OS. The van der Waals surface area contributed by atoms with Crippen LogP contribution < -0.4 is 5.32 Å². The van der Waals surface area contributed by atoms with Crippen LogP contribution in [-0.2, 0) is 6.42 Å². The summed E-state index contributed by atoms with van der Waals surface area (Å²) in [6, 6.07) is 0. The molecule has 0 aliphatic heterocycles. The summed E-state index contributed by atoms with van der Waals surface area (Å²) < 4.78 is 0. The van der Waals surface area contributed by atoms with Gasteiger partial charge in [-0.05, 0) is 0 Å². The predicted molar refractivity (Wildman–Crippen MR) is 55.8 cm³/mol. The maximum Gasteiger partial charge on any atom is 0.297 e. The number of aryl methyl sites for hydroxylation is 1. The second-order valence-corrected chi connectivity index (χ2v) is 3.65. The molecule has 7 heteroatoms. The summed E-state index contributed by atoms with van der Waals surface area (Å²) in [4.78, 5) is 19.5. The summed E-state index contributed by atoms with van der Waals surface area (Å²) >= 11 is 1.35. The summed E-state index contributed by atoms with van der Waals surface area (Å²) in [7, 11) is 0. The fourth-order valence-corrected chi connectivity index (χ4v) is 1.52. The molecule has 2 rings (SSSR count). The van der Waals surface area contributed by atoms with Gasteiger partial charge in [0.1, 0.15) is 5.82 Å². The number of amides is 1. The fraction of sp³-hybridized carbons (Fsp3) is 0.250. The molecule has 0 radical (unpaired) electrons. The minimum atomic E-state index is -0.346. The van der Waals surface area contributed by atoms with Crippen molar-refractivity contribution in [1.82, 2.24) is 20.2 Å². The lowest BCUT2D eigenvalue weighted by Crippen LogP contribution is -2.13. The molecule has 0 aliphatic rings. The minimum Gasteiger partial charge on any atom is -0.295 e. The molecule has 6 nitrogen and oxygen atoms in total. The molecule has 0 saturated heterocycles. The molecule has 2 aromatic heterocycles. The number of aromatic amines is 1. The highest BCUT2D eigenvalue weighted by molar-refractivity contribution is 7.13. The lowest BCUT2D eigenvalue weighted by atomic mass is 10.5. The highest BCUT2D eigenvalue weighted by atomic mass is 32.1. The SMILES string of the molecule is CCc1nc(C(=O)Nc2nccs2)n[nH]1. The Morgan fingerprint density at radius 1 is 1.67 bits per heavy atom. The zero-order chi connectivity index (χ0) is 10.7. The van der Waals surface area contributed by atoms with Crippen molar-refractivity contribution in [3.8, 4) is 0 Å². The van der Waals surface area contributed by atoms with Gasteiger partial charge in [0.25, 0.3) is 5.91 Å². The van der Waals surface area contributed by atoms with Crippen LogP contribution in [0.4, 0.5) is 5.13 Å². The van der Waals surface area contributed by atoms with Crippen LogP contribution in [0.5, 0.6) is 0 Å². The Kier molecular flexibility index (Phi) is 2.72. The molecule has 2 heterocycles. The van der Waals surface area contributed by atoms with E-state index in [-0.39, 0.29) is 11.7 Å². The van der Waals surface area contributed by atoms with Crippen LogP contribution in [0.25, 0.3) is 0 Å². The van der Waals surface area contributed by atoms with Gasteiger partial charge in [0.15, 0.2) is 5.13 Å². The van der Waals surface area contributed by atoms with Crippen molar-refractivity contribution < 1.29 is 4.79 Å². The molecule has 0 aromatic carbocycles. The van der Waals surface area contributed by atoms with Crippen molar-refractivity contribution in [3.63, 3.8) is 0 Å². The van der Waals surface area contributed by atoms with Gasteiger partial charge in [-0.25, -0.2) is 9.97 Å². The molecule has 0 aliphatic carbocycles. The van der Waals surface area contributed by atoms with Gasteiger partial charge in [-0.1, -0.05) is 6.92 Å². The zero-order valence-corrected chi connectivity index (χ0v) is 8.84. The van der Waals surface area contributed by atoms with E-state index in [1.165, 1.54) is 11.3 Å². The Labute approximate surface area is 89.8 Å². The topological polar surface area (TPSA) is 83.6 Å². The van der Waals surface area contributed by atoms with Crippen molar-refractivity contribution in [2.75, 3.05) is 5.32 Å². The van der Waals surface area contributed by atoms with Gasteiger partial charge >= 0.3 is 0 Å². The third kappa shape index (κ3) is 2.18. The van der Waals surface area contributed by atoms with Crippen molar-refractivity contribution in [3.05, 3.63) is 23.2 Å². The summed E-state index contributed by atoms with van der Waals surface area (Å²) in [6.07, 6.45) is 2.34. The maximum absolute atomic E-state index is 11.6. The average molecular weight is 223 g/mol. The highest BCUT2D eigenvalue weighted by Crippen LogP contribution is 2.10. The number of nitrogens with one attached hydrogen (secondary N) is 2. The monoisotopic (exact) mass is 223 g/mol. The van der Waals surface area contributed by atoms with E-state index in [0.717, 1.165) is 6.42 Å². The molecule has 0 unspecified atom stereocenters. The van der Waals surface area contributed by atoms with E-state index < -0.39 is 0 Å². The van der Waals surface area contributed by atoms with Crippen LogP contribution in [0.2, 0.25) is 0 Å². The van der Waals surface area contributed by atoms with Gasteiger partial charge in [0.05, 0.1) is 0 Å².